The number of carbonyl (C=O) groups is 1. The Hall–Kier alpha value is -1.13. The lowest BCUT2D eigenvalue weighted by Gasteiger charge is -2.37. The molecule has 0 aromatic carbocycles. The van der Waals surface area contributed by atoms with Gasteiger partial charge in [0.15, 0.2) is 5.78 Å². The molecule has 1 fully saturated rings. The van der Waals surface area contributed by atoms with Gasteiger partial charge in [-0.1, -0.05) is 6.92 Å². The molecule has 19 heavy (non-hydrogen) atoms. The van der Waals surface area contributed by atoms with E-state index in [9.17, 15) is 4.79 Å². The molecule has 2 heterocycles. The SMILES string of the molecule is CCC(C)N1CCN(CC(=O)c2cccn2C)CC1. The van der Waals surface area contributed by atoms with Crippen molar-refractivity contribution in [3.05, 3.63) is 24.0 Å². The number of hydrogen-bond donors (Lipinski definition) is 0. The fourth-order valence-corrected chi connectivity index (χ4v) is 2.66. The summed E-state index contributed by atoms with van der Waals surface area (Å²) in [6.45, 7) is 9.22. The highest BCUT2D eigenvalue weighted by atomic mass is 16.1. The summed E-state index contributed by atoms with van der Waals surface area (Å²) in [6.07, 6.45) is 3.12. The number of Topliss-reactive ketones (excluding diaryl/α,β-unsaturated/α-hetero) is 1. The van der Waals surface area contributed by atoms with E-state index in [2.05, 4.69) is 23.6 Å². The predicted octanol–water partition coefficient (Wildman–Crippen LogP) is 1.62. The van der Waals surface area contributed by atoms with E-state index >= 15 is 0 Å². The standard InChI is InChI=1S/C15H25N3O/c1-4-13(2)18-10-8-17(9-11-18)12-15(19)14-6-5-7-16(14)3/h5-7,13H,4,8-12H2,1-3H3. The smallest absolute Gasteiger partial charge is 0.193 e. The van der Waals surface area contributed by atoms with Gasteiger partial charge in [0, 0.05) is 45.5 Å². The molecular formula is C15H25N3O. The molecular weight excluding hydrogens is 238 g/mol. The molecule has 0 bridgehead atoms. The topological polar surface area (TPSA) is 28.5 Å². The number of nitrogens with zero attached hydrogens (tertiary/aromatic N) is 3. The molecule has 1 aromatic rings. The highest BCUT2D eigenvalue weighted by Gasteiger charge is 2.22. The fourth-order valence-electron chi connectivity index (χ4n) is 2.66. The van der Waals surface area contributed by atoms with Crippen molar-refractivity contribution in [1.82, 2.24) is 14.4 Å². The van der Waals surface area contributed by atoms with E-state index in [0.29, 0.717) is 12.6 Å². The summed E-state index contributed by atoms with van der Waals surface area (Å²) in [7, 11) is 1.92. The molecule has 1 atom stereocenters. The maximum Gasteiger partial charge on any atom is 0.193 e. The van der Waals surface area contributed by atoms with Gasteiger partial charge in [-0.3, -0.25) is 14.6 Å². The largest absolute Gasteiger partial charge is 0.348 e. The van der Waals surface area contributed by atoms with E-state index < -0.39 is 0 Å². The van der Waals surface area contributed by atoms with Gasteiger partial charge in [0.05, 0.1) is 12.2 Å². The first-order valence-electron chi connectivity index (χ1n) is 7.22. The van der Waals surface area contributed by atoms with Crippen LogP contribution in [0.4, 0.5) is 0 Å². The molecule has 2 rings (SSSR count). The third-order valence-electron chi connectivity index (χ3n) is 4.22. The molecule has 1 saturated heterocycles. The number of rotatable bonds is 5. The Morgan fingerprint density at radius 3 is 2.53 bits per heavy atom. The molecule has 1 unspecified atom stereocenters. The van der Waals surface area contributed by atoms with Crippen LogP contribution in [0.5, 0.6) is 0 Å². The quantitative estimate of drug-likeness (QED) is 0.756. The summed E-state index contributed by atoms with van der Waals surface area (Å²) in [5.41, 5.74) is 0.810. The van der Waals surface area contributed by atoms with E-state index in [0.717, 1.165) is 31.9 Å². The van der Waals surface area contributed by atoms with Crippen LogP contribution >= 0.6 is 0 Å². The number of carbonyl (C=O) groups excluding carboxylic acids is 1. The number of ketones is 1. The highest BCUT2D eigenvalue weighted by molar-refractivity contribution is 5.96. The van der Waals surface area contributed by atoms with Crippen molar-refractivity contribution in [2.45, 2.75) is 26.3 Å². The number of aryl methyl sites for hydroxylation is 1. The minimum Gasteiger partial charge on any atom is -0.348 e. The highest BCUT2D eigenvalue weighted by Crippen LogP contribution is 2.10. The Morgan fingerprint density at radius 1 is 1.32 bits per heavy atom. The van der Waals surface area contributed by atoms with Crippen LogP contribution in [-0.2, 0) is 7.05 Å². The van der Waals surface area contributed by atoms with Crippen LogP contribution in [0.2, 0.25) is 0 Å². The van der Waals surface area contributed by atoms with E-state index in [4.69, 9.17) is 0 Å². The number of hydrogen-bond acceptors (Lipinski definition) is 3. The molecule has 4 heteroatoms. The van der Waals surface area contributed by atoms with Gasteiger partial charge in [-0.05, 0) is 25.5 Å². The van der Waals surface area contributed by atoms with Gasteiger partial charge in [0.1, 0.15) is 0 Å². The minimum atomic E-state index is 0.226. The summed E-state index contributed by atoms with van der Waals surface area (Å²) < 4.78 is 1.90. The molecule has 0 radical (unpaired) electrons. The van der Waals surface area contributed by atoms with Crippen LogP contribution in [0.15, 0.2) is 18.3 Å². The van der Waals surface area contributed by atoms with Gasteiger partial charge in [-0.2, -0.15) is 0 Å². The third-order valence-corrected chi connectivity index (χ3v) is 4.22. The molecule has 0 aliphatic carbocycles. The zero-order chi connectivity index (χ0) is 13.8. The summed E-state index contributed by atoms with van der Waals surface area (Å²) in [4.78, 5) is 17.0. The van der Waals surface area contributed by atoms with Crippen LogP contribution in [-0.4, -0.2) is 58.9 Å². The van der Waals surface area contributed by atoms with Crippen LogP contribution in [0.1, 0.15) is 30.8 Å². The van der Waals surface area contributed by atoms with Crippen molar-refractivity contribution >= 4 is 5.78 Å². The third kappa shape index (κ3) is 3.45. The van der Waals surface area contributed by atoms with Gasteiger partial charge in [-0.25, -0.2) is 0 Å². The minimum absolute atomic E-state index is 0.226. The lowest BCUT2D eigenvalue weighted by atomic mass is 10.2. The zero-order valence-corrected chi connectivity index (χ0v) is 12.3. The molecule has 1 aliphatic rings. The second-order valence-corrected chi connectivity index (χ2v) is 5.50. The fraction of sp³-hybridized carbons (Fsp3) is 0.667. The van der Waals surface area contributed by atoms with E-state index in [-0.39, 0.29) is 5.78 Å². The van der Waals surface area contributed by atoms with Crippen LogP contribution in [0.3, 0.4) is 0 Å². The Kier molecular flexibility index (Phi) is 4.77. The van der Waals surface area contributed by atoms with Crippen molar-refractivity contribution in [1.29, 1.82) is 0 Å². The van der Waals surface area contributed by atoms with Crippen molar-refractivity contribution < 1.29 is 4.79 Å². The van der Waals surface area contributed by atoms with E-state index in [1.54, 1.807) is 0 Å². The van der Waals surface area contributed by atoms with E-state index in [1.165, 1.54) is 6.42 Å². The van der Waals surface area contributed by atoms with Gasteiger partial charge < -0.3 is 4.57 Å². The Bertz CT molecular complexity index is 419. The summed E-state index contributed by atoms with van der Waals surface area (Å²) >= 11 is 0. The molecule has 0 spiro atoms. The zero-order valence-electron chi connectivity index (χ0n) is 12.3. The maximum absolute atomic E-state index is 12.2. The number of piperazine rings is 1. The van der Waals surface area contributed by atoms with Gasteiger partial charge in [0.25, 0.3) is 0 Å². The van der Waals surface area contributed by atoms with Crippen molar-refractivity contribution in [3.63, 3.8) is 0 Å². The van der Waals surface area contributed by atoms with Crippen LogP contribution < -0.4 is 0 Å². The first-order valence-corrected chi connectivity index (χ1v) is 7.22. The van der Waals surface area contributed by atoms with Gasteiger partial charge >= 0.3 is 0 Å². The summed E-state index contributed by atoms with van der Waals surface area (Å²) in [6, 6.07) is 4.48. The van der Waals surface area contributed by atoms with E-state index in [1.807, 2.05) is 29.9 Å². The number of aromatic nitrogens is 1. The van der Waals surface area contributed by atoms with Gasteiger partial charge in [-0.15, -0.1) is 0 Å². The lowest BCUT2D eigenvalue weighted by molar-refractivity contribution is 0.0778. The predicted molar refractivity (Wildman–Crippen MR) is 77.5 cm³/mol. The normalized spacial score (nSPS) is 19.5. The first kappa shape index (κ1) is 14.3. The van der Waals surface area contributed by atoms with Gasteiger partial charge in [0.2, 0.25) is 0 Å². The molecule has 1 aliphatic heterocycles. The second-order valence-electron chi connectivity index (χ2n) is 5.50. The van der Waals surface area contributed by atoms with Crippen LogP contribution in [0, 0.1) is 0 Å². The molecule has 0 amide bonds. The monoisotopic (exact) mass is 263 g/mol. The summed E-state index contributed by atoms with van der Waals surface area (Å²) in [5.74, 6) is 0.226. The van der Waals surface area contributed by atoms with Crippen molar-refractivity contribution in [3.8, 4) is 0 Å². The molecule has 0 saturated carbocycles. The average molecular weight is 263 g/mol. The van der Waals surface area contributed by atoms with Crippen molar-refractivity contribution in [2.24, 2.45) is 7.05 Å². The average Bonchev–Trinajstić information content (AvgIpc) is 2.85. The molecule has 4 nitrogen and oxygen atoms in total. The molecule has 1 aromatic heterocycles. The maximum atomic E-state index is 12.2. The van der Waals surface area contributed by atoms with Crippen molar-refractivity contribution in [2.75, 3.05) is 32.7 Å². The summed E-state index contributed by atoms with van der Waals surface area (Å²) in [5, 5.41) is 0. The Morgan fingerprint density at radius 2 is 2.00 bits per heavy atom. The lowest BCUT2D eigenvalue weighted by Crippen LogP contribution is -2.50. The Labute approximate surface area is 116 Å². The first-order chi connectivity index (χ1) is 9.11. The second kappa shape index (κ2) is 6.35. The molecule has 106 valence electrons. The molecule has 0 N–H and O–H groups in total. The van der Waals surface area contributed by atoms with Crippen LogP contribution in [0.25, 0.3) is 0 Å². The Balaban J connectivity index is 1.83.